The SMILES string of the molecule is CC(C)[C@H](CC[C@@H](C)[C@H]1C[C@H](O)[C@H]2[C@@H]3C[C@@H](O)[C@@]4(O)C[C@@H](O)CC[C@]4(C)[C@H]3CC[C@@]21C)O[C@@H]1OC[C@@H](OS(=O)(=O)O)[C@H](O)[C@H]1O. The van der Waals surface area contributed by atoms with Gasteiger partial charge >= 0.3 is 10.4 Å². The summed E-state index contributed by atoms with van der Waals surface area (Å²) in [7, 11) is -4.84. The monoisotopic (exact) mass is 664 g/mol. The highest BCUT2D eigenvalue weighted by atomic mass is 32.3. The predicted molar refractivity (Wildman–Crippen MR) is 162 cm³/mol. The molecule has 16 atom stereocenters. The summed E-state index contributed by atoms with van der Waals surface area (Å²) in [4.78, 5) is 0. The molecule has 0 spiro atoms. The van der Waals surface area contributed by atoms with Crippen molar-refractivity contribution in [1.82, 2.24) is 0 Å². The third-order valence-corrected chi connectivity index (χ3v) is 13.7. The first-order valence-corrected chi connectivity index (χ1v) is 18.2. The number of aliphatic hydroxyl groups is 6. The second kappa shape index (κ2) is 12.8. The van der Waals surface area contributed by atoms with Crippen LogP contribution in [0, 0.1) is 46.3 Å². The Labute approximate surface area is 267 Å². The minimum Gasteiger partial charge on any atom is -0.393 e. The molecular weight excluding hydrogens is 608 g/mol. The quantitative estimate of drug-likeness (QED) is 0.176. The van der Waals surface area contributed by atoms with Crippen molar-refractivity contribution in [3.8, 4) is 0 Å². The zero-order valence-electron chi connectivity index (χ0n) is 27.2. The van der Waals surface area contributed by atoms with Crippen LogP contribution in [-0.2, 0) is 24.1 Å². The Morgan fingerprint density at radius 2 is 1.64 bits per heavy atom. The van der Waals surface area contributed by atoms with Gasteiger partial charge in [0.15, 0.2) is 6.29 Å². The summed E-state index contributed by atoms with van der Waals surface area (Å²) in [6.45, 7) is 10.2. The summed E-state index contributed by atoms with van der Waals surface area (Å²) in [6.07, 6.45) is -2.47. The molecule has 262 valence electrons. The molecule has 13 heteroatoms. The van der Waals surface area contributed by atoms with E-state index in [2.05, 4.69) is 25.0 Å². The van der Waals surface area contributed by atoms with E-state index in [1.807, 2.05) is 13.8 Å². The molecule has 1 heterocycles. The largest absolute Gasteiger partial charge is 0.397 e. The lowest BCUT2D eigenvalue weighted by Gasteiger charge is -2.65. The highest BCUT2D eigenvalue weighted by Crippen LogP contribution is 2.69. The van der Waals surface area contributed by atoms with Crippen LogP contribution < -0.4 is 0 Å². The van der Waals surface area contributed by atoms with Crippen LogP contribution in [0.5, 0.6) is 0 Å². The van der Waals surface area contributed by atoms with Crippen LogP contribution in [-0.4, -0.2) is 105 Å². The Bertz CT molecular complexity index is 1150. The van der Waals surface area contributed by atoms with Gasteiger partial charge in [0.25, 0.3) is 0 Å². The second-order valence-electron chi connectivity index (χ2n) is 16.0. The van der Waals surface area contributed by atoms with Gasteiger partial charge in [0.1, 0.15) is 18.3 Å². The lowest BCUT2D eigenvalue weighted by Crippen LogP contribution is -2.69. The Hall–Kier alpha value is -0.450. The number of hydrogen-bond acceptors (Lipinski definition) is 11. The number of fused-ring (bicyclic) bond motifs is 5. The zero-order valence-corrected chi connectivity index (χ0v) is 28.1. The third kappa shape index (κ3) is 6.38. The molecule has 0 radical (unpaired) electrons. The molecule has 12 nitrogen and oxygen atoms in total. The minimum absolute atomic E-state index is 0.00824. The maximum atomic E-state index is 11.7. The Morgan fingerprint density at radius 1 is 0.956 bits per heavy atom. The molecule has 7 N–H and O–H groups in total. The summed E-state index contributed by atoms with van der Waals surface area (Å²) < 4.78 is 47.1. The Kier molecular flexibility index (Phi) is 10.2. The lowest BCUT2D eigenvalue weighted by atomic mass is 9.42. The second-order valence-corrected chi connectivity index (χ2v) is 17.0. The van der Waals surface area contributed by atoms with Crippen LogP contribution in [0.4, 0.5) is 0 Å². The smallest absolute Gasteiger partial charge is 0.393 e. The molecule has 0 unspecified atom stereocenters. The van der Waals surface area contributed by atoms with Crippen molar-refractivity contribution >= 4 is 10.4 Å². The first kappa shape index (κ1) is 35.8. The van der Waals surface area contributed by atoms with E-state index in [9.17, 15) is 39.1 Å². The van der Waals surface area contributed by atoms with Crippen molar-refractivity contribution in [2.75, 3.05) is 6.61 Å². The van der Waals surface area contributed by atoms with Crippen LogP contribution in [0.3, 0.4) is 0 Å². The molecule has 4 aliphatic carbocycles. The highest BCUT2D eigenvalue weighted by Gasteiger charge is 2.69. The normalized spacial score (nSPS) is 50.0. The maximum Gasteiger partial charge on any atom is 0.397 e. The van der Waals surface area contributed by atoms with Crippen LogP contribution in [0.25, 0.3) is 0 Å². The molecule has 4 saturated carbocycles. The number of ether oxygens (including phenoxy) is 2. The molecule has 5 rings (SSSR count). The van der Waals surface area contributed by atoms with Crippen molar-refractivity contribution in [2.24, 2.45) is 46.3 Å². The standard InChI is InChI=1S/C32H56O12S/c1-16(2)23(43-29-28(37)27(36)24(15-42-29)44-45(39,40)41)7-6-17(3)21-13-22(34)26-19-12-25(35)32(38)14-18(33)8-11-31(32,5)20(19)9-10-30(21,26)4/h16-29,33-38H,6-15H2,1-5H3,(H,39,40,41)/t17-,18+,19-,20+,21-,22+,23+,24-,25-,26-,27+,28-,29+,30-,31-,32+/m1/s1. The van der Waals surface area contributed by atoms with Crippen molar-refractivity contribution in [1.29, 1.82) is 0 Å². The first-order chi connectivity index (χ1) is 20.8. The van der Waals surface area contributed by atoms with Gasteiger partial charge in [-0.2, -0.15) is 8.42 Å². The molecule has 0 bridgehead atoms. The van der Waals surface area contributed by atoms with E-state index in [4.69, 9.17) is 14.0 Å². The van der Waals surface area contributed by atoms with Gasteiger partial charge < -0.3 is 40.1 Å². The molecule has 5 aliphatic rings. The average molecular weight is 665 g/mol. The van der Waals surface area contributed by atoms with E-state index < -0.39 is 70.9 Å². The van der Waals surface area contributed by atoms with Gasteiger partial charge in [-0.25, -0.2) is 4.18 Å². The molecule has 0 amide bonds. The zero-order chi connectivity index (χ0) is 33.3. The molecule has 1 saturated heterocycles. The van der Waals surface area contributed by atoms with E-state index in [-0.39, 0.29) is 53.4 Å². The summed E-state index contributed by atoms with van der Waals surface area (Å²) >= 11 is 0. The lowest BCUT2D eigenvalue weighted by molar-refractivity contribution is -0.283. The van der Waals surface area contributed by atoms with Crippen LogP contribution in [0.2, 0.25) is 0 Å². The average Bonchev–Trinajstić information content (AvgIpc) is 3.21. The minimum atomic E-state index is -4.84. The van der Waals surface area contributed by atoms with E-state index in [1.165, 1.54) is 0 Å². The van der Waals surface area contributed by atoms with Gasteiger partial charge in [-0.15, -0.1) is 0 Å². The van der Waals surface area contributed by atoms with Crippen LogP contribution in [0.1, 0.15) is 92.4 Å². The van der Waals surface area contributed by atoms with Crippen molar-refractivity contribution in [3.05, 3.63) is 0 Å². The van der Waals surface area contributed by atoms with E-state index in [1.54, 1.807) is 0 Å². The van der Waals surface area contributed by atoms with E-state index >= 15 is 0 Å². The molecule has 1 aliphatic heterocycles. The molecule has 0 aromatic heterocycles. The summed E-state index contributed by atoms with van der Waals surface area (Å²) in [5.74, 6) is 0.775. The van der Waals surface area contributed by atoms with Crippen LogP contribution >= 0.6 is 0 Å². The van der Waals surface area contributed by atoms with Crippen molar-refractivity contribution < 1.29 is 57.3 Å². The molecule has 45 heavy (non-hydrogen) atoms. The van der Waals surface area contributed by atoms with Crippen molar-refractivity contribution in [2.45, 2.75) is 147 Å². The summed E-state index contributed by atoms with van der Waals surface area (Å²) in [5, 5.41) is 66.0. The Balaban J connectivity index is 1.24. The summed E-state index contributed by atoms with van der Waals surface area (Å²) in [6, 6.07) is 0. The maximum absolute atomic E-state index is 11.7. The van der Waals surface area contributed by atoms with E-state index in [0.29, 0.717) is 32.1 Å². The van der Waals surface area contributed by atoms with E-state index in [0.717, 1.165) is 19.3 Å². The number of rotatable bonds is 9. The fourth-order valence-electron chi connectivity index (χ4n) is 10.7. The number of aliphatic hydroxyl groups excluding tert-OH is 5. The molecular formula is C32H56O12S. The van der Waals surface area contributed by atoms with Gasteiger partial charge in [0.2, 0.25) is 0 Å². The Morgan fingerprint density at radius 3 is 2.29 bits per heavy atom. The molecule has 0 aromatic rings. The van der Waals surface area contributed by atoms with Crippen LogP contribution in [0.15, 0.2) is 0 Å². The highest BCUT2D eigenvalue weighted by molar-refractivity contribution is 7.80. The predicted octanol–water partition coefficient (Wildman–Crippen LogP) is 1.79. The molecule has 0 aromatic carbocycles. The van der Waals surface area contributed by atoms with Gasteiger partial charge in [-0.3, -0.25) is 4.55 Å². The fourth-order valence-corrected chi connectivity index (χ4v) is 11.2. The van der Waals surface area contributed by atoms with Crippen molar-refractivity contribution in [3.63, 3.8) is 0 Å². The summed E-state index contributed by atoms with van der Waals surface area (Å²) in [5.41, 5.74) is -1.97. The van der Waals surface area contributed by atoms with Gasteiger partial charge in [-0.05, 0) is 92.3 Å². The van der Waals surface area contributed by atoms with Gasteiger partial charge in [-0.1, -0.05) is 34.6 Å². The first-order valence-electron chi connectivity index (χ1n) is 16.9. The third-order valence-electron chi connectivity index (χ3n) is 13.2. The van der Waals surface area contributed by atoms with Gasteiger partial charge in [0.05, 0.1) is 36.6 Å². The number of hydrogen-bond donors (Lipinski definition) is 7. The topological polar surface area (TPSA) is 203 Å². The molecule has 5 fully saturated rings. The van der Waals surface area contributed by atoms with Gasteiger partial charge in [0, 0.05) is 11.8 Å². The fraction of sp³-hybridized carbons (Fsp3) is 1.00.